The molecule has 4 N–H and O–H groups in total. The molecule has 48 heavy (non-hydrogen) atoms. The Hall–Kier alpha value is -3.70. The SMILES string of the molecule is Cc1ccc(S(=O)(=O)c2ccc3c(c2)[C@@H]2CCNCC[C@H]2N3)cc1.Cc1cccc(S(=O)(=O)c2ccc3c(c2)[C@@H]2CCNCC[C@H]2N3)c1. The smallest absolute Gasteiger partial charge is 0.206 e. The first kappa shape index (κ1) is 32.8. The molecule has 4 atom stereocenters. The molecule has 8 nitrogen and oxygen atoms in total. The summed E-state index contributed by atoms with van der Waals surface area (Å²) >= 11 is 0. The Morgan fingerprint density at radius 3 is 1.48 bits per heavy atom. The van der Waals surface area contributed by atoms with Crippen LogP contribution in [0.2, 0.25) is 0 Å². The number of hydrogen-bond acceptors (Lipinski definition) is 8. The van der Waals surface area contributed by atoms with Crippen molar-refractivity contribution in [2.75, 3.05) is 36.8 Å². The van der Waals surface area contributed by atoms with Crippen LogP contribution in [0.4, 0.5) is 11.4 Å². The molecular weight excluding hydrogens is 641 g/mol. The van der Waals surface area contributed by atoms with Crippen molar-refractivity contribution in [3.63, 3.8) is 0 Å². The highest BCUT2D eigenvalue weighted by molar-refractivity contribution is 7.91. The van der Waals surface area contributed by atoms with Crippen molar-refractivity contribution in [3.8, 4) is 0 Å². The van der Waals surface area contributed by atoms with Crippen molar-refractivity contribution < 1.29 is 16.8 Å². The zero-order chi connectivity index (χ0) is 33.5. The number of benzene rings is 4. The van der Waals surface area contributed by atoms with Gasteiger partial charge in [-0.3, -0.25) is 0 Å². The van der Waals surface area contributed by atoms with Crippen molar-refractivity contribution in [2.24, 2.45) is 0 Å². The molecule has 0 bridgehead atoms. The van der Waals surface area contributed by atoms with E-state index in [-0.39, 0.29) is 0 Å². The minimum Gasteiger partial charge on any atom is -0.381 e. The van der Waals surface area contributed by atoms with Crippen LogP contribution in [0, 0.1) is 13.8 Å². The van der Waals surface area contributed by atoms with E-state index in [4.69, 9.17) is 0 Å². The van der Waals surface area contributed by atoms with Crippen LogP contribution in [-0.4, -0.2) is 55.1 Å². The number of fused-ring (bicyclic) bond motifs is 6. The fraction of sp³-hybridized carbons (Fsp3) is 0.368. The van der Waals surface area contributed by atoms with Gasteiger partial charge in [0.25, 0.3) is 0 Å². The molecule has 2 fully saturated rings. The molecule has 4 aromatic carbocycles. The zero-order valence-corrected chi connectivity index (χ0v) is 29.1. The lowest BCUT2D eigenvalue weighted by molar-refractivity contribution is 0.576. The van der Waals surface area contributed by atoms with E-state index in [1.54, 1.807) is 42.5 Å². The molecule has 0 amide bonds. The summed E-state index contributed by atoms with van der Waals surface area (Å²) in [6.45, 7) is 7.86. The highest BCUT2D eigenvalue weighted by atomic mass is 32.2. The van der Waals surface area contributed by atoms with E-state index in [1.165, 1.54) is 0 Å². The zero-order valence-electron chi connectivity index (χ0n) is 27.5. The molecule has 2 saturated heterocycles. The van der Waals surface area contributed by atoms with Crippen LogP contribution in [0.15, 0.2) is 105 Å². The topological polar surface area (TPSA) is 116 Å². The van der Waals surface area contributed by atoms with Gasteiger partial charge in [0.2, 0.25) is 19.7 Å². The van der Waals surface area contributed by atoms with Gasteiger partial charge in [-0.15, -0.1) is 0 Å². The Balaban J connectivity index is 0.000000152. The third-order valence-corrected chi connectivity index (χ3v) is 13.8. The molecular formula is C38H44N4O4S2. The van der Waals surface area contributed by atoms with E-state index in [1.807, 2.05) is 56.3 Å². The normalized spacial score (nSPS) is 23.0. The summed E-state index contributed by atoms with van der Waals surface area (Å²) in [5.74, 6) is 0.783. The Bertz CT molecular complexity index is 2030. The van der Waals surface area contributed by atoms with Crippen LogP contribution in [0.25, 0.3) is 0 Å². The first-order valence-electron chi connectivity index (χ1n) is 17.0. The molecule has 0 spiro atoms. The third kappa shape index (κ3) is 6.39. The summed E-state index contributed by atoms with van der Waals surface area (Å²) in [5, 5.41) is 14.0. The maximum absolute atomic E-state index is 13.0. The molecule has 0 aromatic heterocycles. The van der Waals surface area contributed by atoms with Crippen molar-refractivity contribution in [2.45, 2.75) is 83.0 Å². The van der Waals surface area contributed by atoms with Gasteiger partial charge in [-0.25, -0.2) is 16.8 Å². The van der Waals surface area contributed by atoms with Gasteiger partial charge in [-0.1, -0.05) is 29.8 Å². The second-order valence-electron chi connectivity index (χ2n) is 13.5. The molecule has 4 aliphatic rings. The number of anilines is 2. The van der Waals surface area contributed by atoms with Gasteiger partial charge in [0.1, 0.15) is 0 Å². The standard InChI is InChI=1S/2C19H22N2O2S/c1-13-2-4-14(5-3-13)24(22,23)15-6-7-18-17(12-15)16-8-10-20-11-9-19(16)21-18;1-13-3-2-4-14(11-13)24(22,23)15-5-6-18-17(12-15)16-7-9-20-10-8-19(16)21-18/h2-7,12,16,19-21H,8-11H2,1H3;2-6,11-12,16,19-21H,7-10H2,1H3/t2*16-,19+/m00/s1. The Morgan fingerprint density at radius 1 is 0.500 bits per heavy atom. The third-order valence-electron chi connectivity index (χ3n) is 10.3. The van der Waals surface area contributed by atoms with Crippen LogP contribution in [0.3, 0.4) is 0 Å². The van der Waals surface area contributed by atoms with Gasteiger partial charge in [0.15, 0.2) is 0 Å². The van der Waals surface area contributed by atoms with Gasteiger partial charge in [-0.05, 0) is 143 Å². The van der Waals surface area contributed by atoms with E-state index in [0.29, 0.717) is 43.5 Å². The van der Waals surface area contributed by atoms with Crippen molar-refractivity contribution in [1.82, 2.24) is 10.6 Å². The minimum absolute atomic E-state index is 0.359. The second kappa shape index (κ2) is 13.3. The number of rotatable bonds is 4. The fourth-order valence-corrected chi connectivity index (χ4v) is 10.3. The van der Waals surface area contributed by atoms with E-state index in [9.17, 15) is 16.8 Å². The average molecular weight is 685 g/mol. The van der Waals surface area contributed by atoms with Crippen LogP contribution in [-0.2, 0) is 19.7 Å². The predicted octanol–water partition coefficient (Wildman–Crippen LogP) is 6.18. The Morgan fingerprint density at radius 2 is 0.958 bits per heavy atom. The molecule has 0 unspecified atom stereocenters. The lowest BCUT2D eigenvalue weighted by atomic mass is 9.91. The summed E-state index contributed by atoms with van der Waals surface area (Å²) in [6.07, 6.45) is 4.22. The van der Waals surface area contributed by atoms with Gasteiger partial charge in [-0.2, -0.15) is 0 Å². The number of aryl methyl sites for hydroxylation is 2. The summed E-state index contributed by atoms with van der Waals surface area (Å²) in [4.78, 5) is 1.52. The number of sulfone groups is 2. The lowest BCUT2D eigenvalue weighted by Crippen LogP contribution is -2.21. The van der Waals surface area contributed by atoms with Crippen LogP contribution in [0.1, 0.15) is 59.8 Å². The monoisotopic (exact) mass is 684 g/mol. The lowest BCUT2D eigenvalue weighted by Gasteiger charge is -2.16. The Kier molecular flexibility index (Phi) is 9.10. The maximum atomic E-state index is 13.0. The van der Waals surface area contributed by atoms with E-state index < -0.39 is 19.7 Å². The van der Waals surface area contributed by atoms with Gasteiger partial charge in [0, 0.05) is 35.3 Å². The molecule has 252 valence electrons. The van der Waals surface area contributed by atoms with Crippen LogP contribution in [0.5, 0.6) is 0 Å². The molecule has 0 radical (unpaired) electrons. The van der Waals surface area contributed by atoms with Crippen LogP contribution >= 0.6 is 0 Å². The molecule has 4 aliphatic heterocycles. The first-order valence-corrected chi connectivity index (χ1v) is 19.9. The molecule has 0 aliphatic carbocycles. The molecule has 8 rings (SSSR count). The molecule has 0 saturated carbocycles. The highest BCUT2D eigenvalue weighted by Gasteiger charge is 2.35. The molecule has 4 heterocycles. The maximum Gasteiger partial charge on any atom is 0.206 e. The van der Waals surface area contributed by atoms with Crippen molar-refractivity contribution in [3.05, 3.63) is 107 Å². The van der Waals surface area contributed by atoms with Crippen molar-refractivity contribution >= 4 is 31.0 Å². The predicted molar refractivity (Wildman–Crippen MR) is 191 cm³/mol. The molecule has 4 aromatic rings. The summed E-state index contributed by atoms with van der Waals surface area (Å²) in [7, 11) is -6.94. The number of hydrogen-bond donors (Lipinski definition) is 4. The summed E-state index contributed by atoms with van der Waals surface area (Å²) in [6, 6.07) is 26.1. The quantitative estimate of drug-likeness (QED) is 0.202. The first-order chi connectivity index (χ1) is 23.1. The minimum atomic E-state index is -3.47. The van der Waals surface area contributed by atoms with Gasteiger partial charge in [0.05, 0.1) is 19.6 Å². The van der Waals surface area contributed by atoms with E-state index in [2.05, 4.69) is 21.3 Å². The summed E-state index contributed by atoms with van der Waals surface area (Å²) in [5.41, 5.74) is 6.49. The van der Waals surface area contributed by atoms with E-state index >= 15 is 0 Å². The van der Waals surface area contributed by atoms with Crippen LogP contribution < -0.4 is 21.3 Å². The van der Waals surface area contributed by atoms with Gasteiger partial charge < -0.3 is 21.3 Å². The molecule has 10 heteroatoms. The van der Waals surface area contributed by atoms with Crippen molar-refractivity contribution in [1.29, 1.82) is 0 Å². The second-order valence-corrected chi connectivity index (χ2v) is 17.4. The summed E-state index contributed by atoms with van der Waals surface area (Å²) < 4.78 is 51.8. The average Bonchev–Trinajstić information content (AvgIpc) is 3.37. The Labute approximate surface area is 284 Å². The largest absolute Gasteiger partial charge is 0.381 e. The fourth-order valence-electron chi connectivity index (χ4n) is 7.64. The van der Waals surface area contributed by atoms with Gasteiger partial charge >= 0.3 is 0 Å². The number of nitrogens with one attached hydrogen (secondary N) is 4. The van der Waals surface area contributed by atoms with E-state index in [0.717, 1.165) is 85.5 Å². The highest BCUT2D eigenvalue weighted by Crippen LogP contribution is 2.43.